The molecule has 1 heterocycles. The average molecular weight is 317 g/mol. The summed E-state index contributed by atoms with van der Waals surface area (Å²) in [6.45, 7) is 2.35. The van der Waals surface area contributed by atoms with Gasteiger partial charge in [0.15, 0.2) is 0 Å². The zero-order chi connectivity index (χ0) is 15.7. The van der Waals surface area contributed by atoms with Crippen LogP contribution in [0.1, 0.15) is 18.4 Å². The lowest BCUT2D eigenvalue weighted by atomic mass is 9.95. The Hall–Kier alpha value is -1.02. The quantitative estimate of drug-likeness (QED) is 0.909. The van der Waals surface area contributed by atoms with Gasteiger partial charge in [-0.15, -0.1) is 0 Å². The second-order valence-electron chi connectivity index (χ2n) is 5.51. The third-order valence-corrected chi connectivity index (χ3v) is 5.59. The van der Waals surface area contributed by atoms with E-state index in [1.165, 1.54) is 19.2 Å². The Morgan fingerprint density at radius 2 is 2.00 bits per heavy atom. The third-order valence-electron chi connectivity index (χ3n) is 3.79. The van der Waals surface area contributed by atoms with Crippen LogP contribution in [0, 0.1) is 12.7 Å². The monoisotopic (exact) mass is 317 g/mol. The summed E-state index contributed by atoms with van der Waals surface area (Å²) >= 11 is 0. The lowest BCUT2D eigenvalue weighted by Gasteiger charge is -2.35. The molecular weight excluding hydrogens is 297 g/mol. The van der Waals surface area contributed by atoms with Crippen molar-refractivity contribution in [3.63, 3.8) is 0 Å². The number of hydrogen-bond donors (Lipinski definition) is 1. The first-order chi connectivity index (χ1) is 9.74. The summed E-state index contributed by atoms with van der Waals surface area (Å²) in [5.41, 5.74) is -0.705. The maximum absolute atomic E-state index is 13.6. The van der Waals surface area contributed by atoms with Gasteiger partial charge in [0.1, 0.15) is 5.82 Å². The normalized spacial score (nSPS) is 18.9. The van der Waals surface area contributed by atoms with Crippen LogP contribution in [0.4, 0.5) is 4.39 Å². The molecule has 5 nitrogen and oxygen atoms in total. The maximum Gasteiger partial charge on any atom is 0.243 e. The molecule has 1 N–H and O–H groups in total. The van der Waals surface area contributed by atoms with Gasteiger partial charge in [0.05, 0.1) is 10.5 Å². The molecule has 118 valence electrons. The molecule has 1 aromatic carbocycles. The Balaban J connectivity index is 2.20. The molecule has 0 unspecified atom stereocenters. The average Bonchev–Trinajstić information content (AvgIpc) is 2.42. The second-order valence-corrected chi connectivity index (χ2v) is 7.55. The standard InChI is InChI=1S/C14H20FNO4S/c1-11-3-4-12(9-13(11)15)21(18,19)16(2)10-14(17)5-7-20-8-6-14/h3-4,9,17H,5-8,10H2,1-2H3. The van der Waals surface area contributed by atoms with E-state index in [0.29, 0.717) is 31.6 Å². The van der Waals surface area contributed by atoms with E-state index in [1.54, 1.807) is 6.92 Å². The third kappa shape index (κ3) is 3.60. The van der Waals surface area contributed by atoms with Gasteiger partial charge in [0.2, 0.25) is 10.0 Å². The second kappa shape index (κ2) is 6.00. The Morgan fingerprint density at radius 1 is 1.38 bits per heavy atom. The van der Waals surface area contributed by atoms with Crippen LogP contribution >= 0.6 is 0 Å². The highest BCUT2D eigenvalue weighted by molar-refractivity contribution is 7.89. The summed E-state index contributed by atoms with van der Waals surface area (Å²) in [7, 11) is -2.43. The van der Waals surface area contributed by atoms with Gasteiger partial charge in [-0.25, -0.2) is 12.8 Å². The van der Waals surface area contributed by atoms with Crippen molar-refractivity contribution in [2.45, 2.75) is 30.3 Å². The lowest BCUT2D eigenvalue weighted by Crippen LogP contribution is -2.47. The van der Waals surface area contributed by atoms with E-state index in [1.807, 2.05) is 0 Å². The zero-order valence-corrected chi connectivity index (χ0v) is 13.0. The molecule has 0 spiro atoms. The minimum absolute atomic E-state index is 0.0335. The zero-order valence-electron chi connectivity index (χ0n) is 12.2. The van der Waals surface area contributed by atoms with Crippen molar-refractivity contribution in [3.8, 4) is 0 Å². The molecule has 1 fully saturated rings. The highest BCUT2D eigenvalue weighted by Gasteiger charge is 2.35. The number of aliphatic hydroxyl groups is 1. The van der Waals surface area contributed by atoms with Crippen LogP contribution in [-0.4, -0.2) is 50.2 Å². The number of benzene rings is 1. The largest absolute Gasteiger partial charge is 0.388 e. The summed E-state index contributed by atoms with van der Waals surface area (Å²) < 4.78 is 44.7. The van der Waals surface area contributed by atoms with Crippen molar-refractivity contribution in [2.75, 3.05) is 26.8 Å². The minimum atomic E-state index is -3.82. The van der Waals surface area contributed by atoms with Crippen LogP contribution in [-0.2, 0) is 14.8 Å². The molecule has 1 aromatic rings. The highest BCUT2D eigenvalue weighted by atomic mass is 32.2. The van der Waals surface area contributed by atoms with E-state index < -0.39 is 21.4 Å². The fourth-order valence-electron chi connectivity index (χ4n) is 2.32. The Labute approximate surface area is 124 Å². The van der Waals surface area contributed by atoms with Gasteiger partial charge < -0.3 is 9.84 Å². The first-order valence-electron chi connectivity index (χ1n) is 6.77. The molecule has 0 bridgehead atoms. The number of likely N-dealkylation sites (N-methyl/N-ethyl adjacent to an activating group) is 1. The molecule has 0 aromatic heterocycles. The molecule has 0 atom stereocenters. The van der Waals surface area contributed by atoms with Crippen LogP contribution in [0.3, 0.4) is 0 Å². The molecule has 21 heavy (non-hydrogen) atoms. The number of hydrogen-bond acceptors (Lipinski definition) is 4. The van der Waals surface area contributed by atoms with E-state index in [0.717, 1.165) is 10.4 Å². The molecule has 7 heteroatoms. The fraction of sp³-hybridized carbons (Fsp3) is 0.571. The molecule has 0 aliphatic carbocycles. The van der Waals surface area contributed by atoms with Crippen molar-refractivity contribution in [2.24, 2.45) is 0 Å². The van der Waals surface area contributed by atoms with Crippen LogP contribution in [0.5, 0.6) is 0 Å². The van der Waals surface area contributed by atoms with Crippen molar-refractivity contribution in [1.29, 1.82) is 0 Å². The molecule has 0 radical (unpaired) electrons. The molecule has 0 amide bonds. The number of nitrogens with zero attached hydrogens (tertiary/aromatic N) is 1. The Bertz CT molecular complexity index is 611. The van der Waals surface area contributed by atoms with Gasteiger partial charge in [-0.05, 0) is 24.6 Å². The van der Waals surface area contributed by atoms with E-state index >= 15 is 0 Å². The van der Waals surface area contributed by atoms with Gasteiger partial charge in [-0.3, -0.25) is 0 Å². The first kappa shape index (κ1) is 16.4. The summed E-state index contributed by atoms with van der Waals surface area (Å²) in [6, 6.07) is 3.81. The maximum atomic E-state index is 13.6. The number of rotatable bonds is 4. The van der Waals surface area contributed by atoms with Gasteiger partial charge in [-0.1, -0.05) is 6.07 Å². The van der Waals surface area contributed by atoms with Crippen molar-refractivity contribution in [3.05, 3.63) is 29.6 Å². The van der Waals surface area contributed by atoms with Crippen LogP contribution in [0.15, 0.2) is 23.1 Å². The summed E-state index contributed by atoms with van der Waals surface area (Å²) in [4.78, 5) is -0.108. The minimum Gasteiger partial charge on any atom is -0.388 e. The van der Waals surface area contributed by atoms with Gasteiger partial charge >= 0.3 is 0 Å². The van der Waals surface area contributed by atoms with E-state index in [4.69, 9.17) is 4.74 Å². The smallest absolute Gasteiger partial charge is 0.243 e. The van der Waals surface area contributed by atoms with Crippen LogP contribution < -0.4 is 0 Å². The van der Waals surface area contributed by atoms with Gasteiger partial charge in [-0.2, -0.15) is 4.31 Å². The molecule has 1 aliphatic heterocycles. The lowest BCUT2D eigenvalue weighted by molar-refractivity contribution is -0.0689. The van der Waals surface area contributed by atoms with Crippen molar-refractivity contribution in [1.82, 2.24) is 4.31 Å². The highest BCUT2D eigenvalue weighted by Crippen LogP contribution is 2.25. The van der Waals surface area contributed by atoms with Crippen LogP contribution in [0.25, 0.3) is 0 Å². The Morgan fingerprint density at radius 3 is 2.57 bits per heavy atom. The Kier molecular flexibility index (Phi) is 4.67. The molecule has 1 aliphatic rings. The summed E-state index contributed by atoms with van der Waals surface area (Å²) in [5, 5.41) is 10.4. The number of halogens is 1. The summed E-state index contributed by atoms with van der Waals surface area (Å²) in [5.74, 6) is -0.561. The number of aryl methyl sites for hydroxylation is 1. The van der Waals surface area contributed by atoms with Gasteiger partial charge in [0.25, 0.3) is 0 Å². The topological polar surface area (TPSA) is 66.8 Å². The van der Waals surface area contributed by atoms with E-state index in [2.05, 4.69) is 0 Å². The molecule has 2 rings (SSSR count). The first-order valence-corrected chi connectivity index (χ1v) is 8.21. The number of ether oxygens (including phenoxy) is 1. The predicted molar refractivity (Wildman–Crippen MR) is 76.0 cm³/mol. The molecular formula is C14H20FNO4S. The van der Waals surface area contributed by atoms with Crippen molar-refractivity contribution < 1.29 is 22.7 Å². The van der Waals surface area contributed by atoms with E-state index in [9.17, 15) is 17.9 Å². The van der Waals surface area contributed by atoms with Gasteiger partial charge in [0, 0.05) is 39.6 Å². The van der Waals surface area contributed by atoms with Crippen molar-refractivity contribution >= 4 is 10.0 Å². The van der Waals surface area contributed by atoms with Crippen LogP contribution in [0.2, 0.25) is 0 Å². The summed E-state index contributed by atoms with van der Waals surface area (Å²) in [6.07, 6.45) is 0.768. The fourth-order valence-corrected chi connectivity index (χ4v) is 3.59. The number of sulfonamides is 1. The SMILES string of the molecule is Cc1ccc(S(=O)(=O)N(C)CC2(O)CCOCC2)cc1F. The molecule has 1 saturated heterocycles. The van der Waals surface area contributed by atoms with E-state index in [-0.39, 0.29) is 11.4 Å². The molecule has 0 saturated carbocycles. The predicted octanol–water partition coefficient (Wildman–Crippen LogP) is 1.30.